The van der Waals surface area contributed by atoms with Gasteiger partial charge in [-0.2, -0.15) is 5.26 Å². The van der Waals surface area contributed by atoms with Crippen LogP contribution in [-0.2, 0) is 14.8 Å². The predicted molar refractivity (Wildman–Crippen MR) is 74.4 cm³/mol. The van der Waals surface area contributed by atoms with Crippen molar-refractivity contribution in [1.82, 2.24) is 0 Å². The zero-order valence-corrected chi connectivity index (χ0v) is 11.7. The average Bonchev–Trinajstić information content (AvgIpc) is 2.39. The molecule has 1 atom stereocenters. The molecule has 1 unspecified atom stereocenters. The fourth-order valence-corrected chi connectivity index (χ4v) is 2.86. The summed E-state index contributed by atoms with van der Waals surface area (Å²) in [4.78, 5) is 10.7. The van der Waals surface area contributed by atoms with Gasteiger partial charge in [-0.1, -0.05) is 12.1 Å². The first-order valence-electron chi connectivity index (χ1n) is 5.78. The van der Waals surface area contributed by atoms with Gasteiger partial charge in [0.25, 0.3) is 10.0 Å². The summed E-state index contributed by atoms with van der Waals surface area (Å²) in [5.74, 6) is -1.13. The molecule has 1 rings (SSSR count). The molecule has 0 aliphatic rings. The van der Waals surface area contributed by atoms with E-state index < -0.39 is 21.2 Å². The van der Waals surface area contributed by atoms with E-state index in [0.29, 0.717) is 0 Å². The van der Waals surface area contributed by atoms with E-state index in [-0.39, 0.29) is 24.3 Å². The number of carbonyl (C=O) groups is 1. The lowest BCUT2D eigenvalue weighted by Gasteiger charge is -2.26. The molecule has 3 N–H and O–H groups in total. The number of anilines is 2. The number of carboxylic acid groups (broad SMARTS) is 1. The molecular weight excluding hydrogens is 282 g/mol. The van der Waals surface area contributed by atoms with Crippen molar-refractivity contribution in [2.45, 2.75) is 18.6 Å². The van der Waals surface area contributed by atoms with Crippen LogP contribution in [-0.4, -0.2) is 31.3 Å². The lowest BCUT2D eigenvalue weighted by molar-refractivity contribution is -0.136. The van der Waals surface area contributed by atoms with Crippen molar-refractivity contribution in [3.8, 4) is 6.07 Å². The third-order valence-electron chi connectivity index (χ3n) is 2.67. The Hall–Kier alpha value is -2.27. The third-order valence-corrected chi connectivity index (χ3v) is 4.66. The molecule has 1 aromatic rings. The van der Waals surface area contributed by atoms with Gasteiger partial charge in [-0.15, -0.1) is 0 Å². The van der Waals surface area contributed by atoms with Crippen molar-refractivity contribution in [2.24, 2.45) is 0 Å². The second-order valence-corrected chi connectivity index (χ2v) is 6.27. The molecule has 20 heavy (non-hydrogen) atoms. The number of hydrogen-bond donors (Lipinski definition) is 2. The number of para-hydroxylation sites is 2. The standard InChI is InChI=1S/C12H15N3O4S/c1-9(8-13)20(18,19)15(7-6-12(16)17)11-5-3-2-4-10(11)14/h2-5,9H,6-7,14H2,1H3,(H,16,17). The maximum atomic E-state index is 12.3. The molecule has 108 valence electrons. The Morgan fingerprint density at radius 3 is 2.60 bits per heavy atom. The van der Waals surface area contributed by atoms with Crippen LogP contribution in [0.1, 0.15) is 13.3 Å². The Kier molecular flexibility index (Phi) is 4.94. The van der Waals surface area contributed by atoms with E-state index in [2.05, 4.69) is 0 Å². The number of rotatable bonds is 6. The van der Waals surface area contributed by atoms with Gasteiger partial charge in [0.05, 0.1) is 23.9 Å². The highest BCUT2D eigenvalue weighted by Crippen LogP contribution is 2.27. The first kappa shape index (κ1) is 15.8. The molecule has 0 heterocycles. The van der Waals surface area contributed by atoms with Gasteiger partial charge in [0.15, 0.2) is 5.25 Å². The number of sulfonamides is 1. The third kappa shape index (κ3) is 3.39. The molecule has 1 aromatic carbocycles. The minimum Gasteiger partial charge on any atom is -0.481 e. The molecule has 7 nitrogen and oxygen atoms in total. The second kappa shape index (κ2) is 6.25. The number of hydrogen-bond acceptors (Lipinski definition) is 5. The van der Waals surface area contributed by atoms with Gasteiger partial charge >= 0.3 is 5.97 Å². The van der Waals surface area contributed by atoms with Crippen LogP contribution in [0.3, 0.4) is 0 Å². The number of nitrogen functional groups attached to an aromatic ring is 1. The van der Waals surface area contributed by atoms with Crippen LogP contribution >= 0.6 is 0 Å². The number of aliphatic carboxylic acids is 1. The molecule has 0 fully saturated rings. The van der Waals surface area contributed by atoms with Crippen LogP contribution in [0.2, 0.25) is 0 Å². The van der Waals surface area contributed by atoms with E-state index in [9.17, 15) is 13.2 Å². The molecule has 0 saturated carbocycles. The van der Waals surface area contributed by atoms with Crippen molar-refractivity contribution < 1.29 is 18.3 Å². The molecule has 0 saturated heterocycles. The molecule has 0 aromatic heterocycles. The van der Waals surface area contributed by atoms with Crippen LogP contribution in [0.4, 0.5) is 11.4 Å². The van der Waals surface area contributed by atoms with E-state index in [4.69, 9.17) is 16.1 Å². The fourth-order valence-electron chi connectivity index (χ4n) is 1.55. The normalized spacial score (nSPS) is 12.4. The largest absolute Gasteiger partial charge is 0.481 e. The SMILES string of the molecule is CC(C#N)S(=O)(=O)N(CCC(=O)O)c1ccccc1N. The highest BCUT2D eigenvalue weighted by atomic mass is 32.2. The van der Waals surface area contributed by atoms with E-state index in [1.807, 2.05) is 0 Å². The Morgan fingerprint density at radius 2 is 2.10 bits per heavy atom. The first-order chi connectivity index (χ1) is 9.30. The highest BCUT2D eigenvalue weighted by Gasteiger charge is 2.30. The van der Waals surface area contributed by atoms with Crippen molar-refractivity contribution in [1.29, 1.82) is 5.26 Å². The summed E-state index contributed by atoms with van der Waals surface area (Å²) in [6.07, 6.45) is -0.383. The average molecular weight is 297 g/mol. The topological polar surface area (TPSA) is 124 Å². The van der Waals surface area contributed by atoms with Crippen LogP contribution in [0.25, 0.3) is 0 Å². The van der Waals surface area contributed by atoms with Gasteiger partial charge in [-0.3, -0.25) is 9.10 Å². The van der Waals surface area contributed by atoms with Gasteiger partial charge in [0.1, 0.15) is 0 Å². The summed E-state index contributed by atoms with van der Waals surface area (Å²) in [7, 11) is -3.99. The molecular formula is C12H15N3O4S. The molecule has 0 spiro atoms. The zero-order valence-electron chi connectivity index (χ0n) is 10.9. The summed E-state index contributed by atoms with van der Waals surface area (Å²) in [6.45, 7) is 0.958. The maximum Gasteiger partial charge on any atom is 0.305 e. The van der Waals surface area contributed by atoms with Crippen LogP contribution < -0.4 is 10.0 Å². The predicted octanol–water partition coefficient (Wildman–Crippen LogP) is 0.792. The first-order valence-corrected chi connectivity index (χ1v) is 7.28. The number of nitrogens with two attached hydrogens (primary N) is 1. The quantitative estimate of drug-likeness (QED) is 0.748. The van der Waals surface area contributed by atoms with Crippen molar-refractivity contribution in [3.63, 3.8) is 0 Å². The summed E-state index contributed by atoms with van der Waals surface area (Å²) >= 11 is 0. The van der Waals surface area contributed by atoms with Gasteiger partial charge in [-0.05, 0) is 19.1 Å². The monoisotopic (exact) mass is 297 g/mol. The zero-order chi connectivity index (χ0) is 15.3. The summed E-state index contributed by atoms with van der Waals surface area (Å²) < 4.78 is 25.4. The Balaban J connectivity index is 3.27. The molecule has 0 aliphatic carbocycles. The van der Waals surface area contributed by atoms with E-state index in [1.54, 1.807) is 18.2 Å². The van der Waals surface area contributed by atoms with E-state index >= 15 is 0 Å². The number of nitrogens with zero attached hydrogens (tertiary/aromatic N) is 2. The van der Waals surface area contributed by atoms with Gasteiger partial charge < -0.3 is 10.8 Å². The number of carboxylic acids is 1. The molecule has 0 aliphatic heterocycles. The minimum atomic E-state index is -3.99. The summed E-state index contributed by atoms with van der Waals surface area (Å²) in [5, 5.41) is 16.2. The molecule has 0 radical (unpaired) electrons. The minimum absolute atomic E-state index is 0.177. The number of benzene rings is 1. The summed E-state index contributed by atoms with van der Waals surface area (Å²) in [5.41, 5.74) is 6.11. The van der Waals surface area contributed by atoms with Gasteiger partial charge in [-0.25, -0.2) is 8.42 Å². The van der Waals surface area contributed by atoms with Crippen LogP contribution in [0.15, 0.2) is 24.3 Å². The second-order valence-electron chi connectivity index (χ2n) is 4.09. The van der Waals surface area contributed by atoms with E-state index in [1.165, 1.54) is 19.1 Å². The van der Waals surface area contributed by atoms with Crippen molar-refractivity contribution >= 4 is 27.4 Å². The van der Waals surface area contributed by atoms with Crippen molar-refractivity contribution in [3.05, 3.63) is 24.3 Å². The van der Waals surface area contributed by atoms with Gasteiger partial charge in [0, 0.05) is 6.54 Å². The molecule has 0 bridgehead atoms. The van der Waals surface area contributed by atoms with Gasteiger partial charge in [0.2, 0.25) is 0 Å². The lowest BCUT2D eigenvalue weighted by Crippen LogP contribution is -2.39. The lowest BCUT2D eigenvalue weighted by atomic mass is 10.2. The Morgan fingerprint density at radius 1 is 1.50 bits per heavy atom. The Labute approximate surface area is 117 Å². The highest BCUT2D eigenvalue weighted by molar-refractivity contribution is 7.93. The Bertz CT molecular complexity index is 636. The smallest absolute Gasteiger partial charge is 0.305 e. The van der Waals surface area contributed by atoms with Crippen LogP contribution in [0.5, 0.6) is 0 Å². The van der Waals surface area contributed by atoms with Crippen LogP contribution in [0, 0.1) is 11.3 Å². The maximum absolute atomic E-state index is 12.3. The fraction of sp³-hybridized carbons (Fsp3) is 0.333. The molecule has 8 heteroatoms. The van der Waals surface area contributed by atoms with E-state index in [0.717, 1.165) is 4.31 Å². The summed E-state index contributed by atoms with van der Waals surface area (Å²) in [6, 6.07) is 7.85. The molecule has 0 amide bonds. The van der Waals surface area contributed by atoms with Crippen molar-refractivity contribution in [2.75, 3.05) is 16.6 Å². The number of nitriles is 1.